The van der Waals surface area contributed by atoms with Crippen LogP contribution in [0.2, 0.25) is 0 Å². The fourth-order valence-corrected chi connectivity index (χ4v) is 2.52. The summed E-state index contributed by atoms with van der Waals surface area (Å²) in [6.07, 6.45) is 3.31. The van der Waals surface area contributed by atoms with E-state index in [0.717, 1.165) is 19.5 Å². The van der Waals surface area contributed by atoms with Gasteiger partial charge < -0.3 is 5.32 Å². The Hall–Kier alpha value is -0.960. The molecule has 1 aliphatic rings. The van der Waals surface area contributed by atoms with Crippen molar-refractivity contribution in [2.75, 3.05) is 13.1 Å². The van der Waals surface area contributed by atoms with Crippen LogP contribution in [0.1, 0.15) is 37.3 Å². The highest BCUT2D eigenvalue weighted by molar-refractivity contribution is 5.26. The standard InChI is InChI=1S/C15H21F2N/c1-2-15(16,17)14-7-5-12(6-8-14)10-13-4-3-9-18-11-13/h5-8,13,18H,2-4,9-11H2,1H3. The molecule has 1 aromatic rings. The number of hydrogen-bond acceptors (Lipinski definition) is 1. The number of alkyl halides is 2. The van der Waals surface area contributed by atoms with Crippen LogP contribution in [0.4, 0.5) is 8.78 Å². The zero-order valence-corrected chi connectivity index (χ0v) is 10.9. The van der Waals surface area contributed by atoms with Gasteiger partial charge in [0.1, 0.15) is 0 Å². The van der Waals surface area contributed by atoms with Crippen LogP contribution in [0.15, 0.2) is 24.3 Å². The lowest BCUT2D eigenvalue weighted by molar-refractivity contribution is -0.00829. The molecule has 18 heavy (non-hydrogen) atoms. The molecule has 2 rings (SSSR count). The molecule has 1 N–H and O–H groups in total. The van der Waals surface area contributed by atoms with Gasteiger partial charge in [-0.3, -0.25) is 0 Å². The second kappa shape index (κ2) is 5.79. The minimum absolute atomic E-state index is 0.135. The normalized spacial score (nSPS) is 20.9. The Bertz CT molecular complexity index is 367. The van der Waals surface area contributed by atoms with E-state index in [1.54, 1.807) is 12.1 Å². The van der Waals surface area contributed by atoms with Gasteiger partial charge in [-0.25, -0.2) is 8.78 Å². The molecule has 1 nitrogen and oxygen atoms in total. The Morgan fingerprint density at radius 2 is 2.00 bits per heavy atom. The minimum atomic E-state index is -2.69. The van der Waals surface area contributed by atoms with Crippen LogP contribution in [-0.2, 0) is 12.3 Å². The molecule has 1 atom stereocenters. The molecule has 1 aromatic carbocycles. The molecule has 1 unspecified atom stereocenters. The average molecular weight is 253 g/mol. The van der Waals surface area contributed by atoms with Crippen LogP contribution in [-0.4, -0.2) is 13.1 Å². The number of hydrogen-bond donors (Lipinski definition) is 1. The quantitative estimate of drug-likeness (QED) is 0.862. The van der Waals surface area contributed by atoms with Crippen molar-refractivity contribution in [2.24, 2.45) is 5.92 Å². The summed E-state index contributed by atoms with van der Waals surface area (Å²) in [7, 11) is 0. The average Bonchev–Trinajstić information content (AvgIpc) is 2.40. The highest BCUT2D eigenvalue weighted by atomic mass is 19.3. The molecule has 0 amide bonds. The van der Waals surface area contributed by atoms with E-state index in [-0.39, 0.29) is 12.0 Å². The summed E-state index contributed by atoms with van der Waals surface area (Å²) in [6.45, 7) is 3.67. The van der Waals surface area contributed by atoms with Crippen molar-refractivity contribution in [2.45, 2.75) is 38.5 Å². The fourth-order valence-electron chi connectivity index (χ4n) is 2.52. The van der Waals surface area contributed by atoms with E-state index in [1.165, 1.54) is 25.3 Å². The molecule has 3 heteroatoms. The molecule has 1 saturated heterocycles. The van der Waals surface area contributed by atoms with Gasteiger partial charge in [0.05, 0.1) is 0 Å². The SMILES string of the molecule is CCC(F)(F)c1ccc(CC2CCCNC2)cc1. The molecule has 0 aliphatic carbocycles. The first-order valence-corrected chi connectivity index (χ1v) is 6.80. The first-order valence-electron chi connectivity index (χ1n) is 6.80. The van der Waals surface area contributed by atoms with Crippen molar-refractivity contribution >= 4 is 0 Å². The Morgan fingerprint density at radius 1 is 1.28 bits per heavy atom. The molecule has 100 valence electrons. The van der Waals surface area contributed by atoms with Gasteiger partial charge in [-0.2, -0.15) is 0 Å². The second-order valence-corrected chi connectivity index (χ2v) is 5.17. The molecule has 0 radical (unpaired) electrons. The molecule has 0 saturated carbocycles. The van der Waals surface area contributed by atoms with Gasteiger partial charge in [0.2, 0.25) is 0 Å². The fraction of sp³-hybridized carbons (Fsp3) is 0.600. The van der Waals surface area contributed by atoms with E-state index in [2.05, 4.69) is 5.32 Å². The van der Waals surface area contributed by atoms with Gasteiger partial charge in [0, 0.05) is 12.0 Å². The Kier molecular flexibility index (Phi) is 4.33. The lowest BCUT2D eigenvalue weighted by Crippen LogP contribution is -2.30. The highest BCUT2D eigenvalue weighted by Gasteiger charge is 2.28. The third kappa shape index (κ3) is 3.29. The minimum Gasteiger partial charge on any atom is -0.316 e. The number of nitrogens with one attached hydrogen (secondary N) is 1. The van der Waals surface area contributed by atoms with Gasteiger partial charge in [0.15, 0.2) is 0 Å². The van der Waals surface area contributed by atoms with Gasteiger partial charge in [-0.15, -0.1) is 0 Å². The van der Waals surface area contributed by atoms with Gasteiger partial charge in [-0.1, -0.05) is 31.2 Å². The lowest BCUT2D eigenvalue weighted by atomic mass is 9.91. The third-order valence-corrected chi connectivity index (χ3v) is 3.74. The van der Waals surface area contributed by atoms with E-state index in [4.69, 9.17) is 0 Å². The number of benzene rings is 1. The Balaban J connectivity index is 1.99. The number of rotatable bonds is 4. The molecule has 0 spiro atoms. The van der Waals surface area contributed by atoms with E-state index in [1.807, 2.05) is 12.1 Å². The Morgan fingerprint density at radius 3 is 2.56 bits per heavy atom. The number of halogens is 2. The van der Waals surface area contributed by atoms with Crippen molar-refractivity contribution in [3.8, 4) is 0 Å². The molecule has 1 fully saturated rings. The van der Waals surface area contributed by atoms with Crippen LogP contribution in [0.3, 0.4) is 0 Å². The van der Waals surface area contributed by atoms with E-state index in [0.29, 0.717) is 5.92 Å². The Labute approximate surface area is 108 Å². The van der Waals surface area contributed by atoms with Crippen molar-refractivity contribution in [1.29, 1.82) is 0 Å². The van der Waals surface area contributed by atoms with Crippen molar-refractivity contribution in [3.05, 3.63) is 35.4 Å². The van der Waals surface area contributed by atoms with Crippen LogP contribution in [0.5, 0.6) is 0 Å². The largest absolute Gasteiger partial charge is 0.316 e. The summed E-state index contributed by atoms with van der Waals surface area (Å²) in [5.74, 6) is -2.04. The molecular weight excluding hydrogens is 232 g/mol. The molecule has 1 heterocycles. The molecule has 1 aliphatic heterocycles. The maximum absolute atomic E-state index is 13.5. The van der Waals surface area contributed by atoms with Crippen LogP contribution in [0, 0.1) is 5.92 Å². The first-order chi connectivity index (χ1) is 8.62. The van der Waals surface area contributed by atoms with Crippen LogP contribution < -0.4 is 5.32 Å². The van der Waals surface area contributed by atoms with E-state index < -0.39 is 5.92 Å². The van der Waals surface area contributed by atoms with E-state index >= 15 is 0 Å². The predicted octanol–water partition coefficient (Wildman–Crippen LogP) is 3.73. The van der Waals surface area contributed by atoms with Crippen molar-refractivity contribution in [1.82, 2.24) is 5.32 Å². The monoisotopic (exact) mass is 253 g/mol. The molecular formula is C15H21F2N. The summed E-state index contributed by atoms with van der Waals surface area (Å²) in [6, 6.07) is 6.87. The predicted molar refractivity (Wildman–Crippen MR) is 69.9 cm³/mol. The topological polar surface area (TPSA) is 12.0 Å². The lowest BCUT2D eigenvalue weighted by Gasteiger charge is -2.23. The molecule has 0 bridgehead atoms. The summed E-state index contributed by atoms with van der Waals surface area (Å²) in [4.78, 5) is 0. The zero-order chi connectivity index (χ0) is 13.0. The maximum Gasteiger partial charge on any atom is 0.273 e. The number of piperidine rings is 1. The molecule has 0 aromatic heterocycles. The van der Waals surface area contributed by atoms with Crippen molar-refractivity contribution < 1.29 is 8.78 Å². The van der Waals surface area contributed by atoms with Crippen LogP contribution in [0.25, 0.3) is 0 Å². The zero-order valence-electron chi connectivity index (χ0n) is 10.9. The van der Waals surface area contributed by atoms with Gasteiger partial charge >= 0.3 is 0 Å². The highest BCUT2D eigenvalue weighted by Crippen LogP contribution is 2.31. The van der Waals surface area contributed by atoms with Gasteiger partial charge in [-0.05, 0) is 43.8 Å². The summed E-state index contributed by atoms with van der Waals surface area (Å²) < 4.78 is 26.9. The first kappa shape index (κ1) is 13.5. The summed E-state index contributed by atoms with van der Waals surface area (Å²) in [5, 5.41) is 3.38. The third-order valence-electron chi connectivity index (χ3n) is 3.74. The van der Waals surface area contributed by atoms with Gasteiger partial charge in [0.25, 0.3) is 5.92 Å². The van der Waals surface area contributed by atoms with Crippen molar-refractivity contribution in [3.63, 3.8) is 0 Å². The smallest absolute Gasteiger partial charge is 0.273 e. The summed E-state index contributed by atoms with van der Waals surface area (Å²) in [5.41, 5.74) is 1.30. The second-order valence-electron chi connectivity index (χ2n) is 5.17. The maximum atomic E-state index is 13.5. The van der Waals surface area contributed by atoms with E-state index in [9.17, 15) is 8.78 Å². The van der Waals surface area contributed by atoms with Crippen LogP contribution >= 0.6 is 0 Å². The summed E-state index contributed by atoms with van der Waals surface area (Å²) >= 11 is 0.